The molecule has 0 radical (unpaired) electrons. The fourth-order valence-electron chi connectivity index (χ4n) is 1.58. The molecular formula is C13H18BrNO. The van der Waals surface area contributed by atoms with Gasteiger partial charge in [-0.3, -0.25) is 0 Å². The van der Waals surface area contributed by atoms with E-state index < -0.39 is 0 Å². The molecule has 88 valence electrons. The zero-order valence-electron chi connectivity index (χ0n) is 9.63. The van der Waals surface area contributed by atoms with Gasteiger partial charge in [-0.1, -0.05) is 6.07 Å². The van der Waals surface area contributed by atoms with E-state index in [2.05, 4.69) is 39.4 Å². The highest BCUT2D eigenvalue weighted by Crippen LogP contribution is 2.32. The fraction of sp³-hybridized carbons (Fsp3) is 0.538. The molecule has 0 atom stereocenters. The third-order valence-corrected chi connectivity index (χ3v) is 3.49. The molecule has 1 N–H and O–H groups in total. The number of hydrogen-bond donors (Lipinski definition) is 1. The van der Waals surface area contributed by atoms with Crippen LogP contribution < -0.4 is 10.1 Å². The lowest BCUT2D eigenvalue weighted by Gasteiger charge is -2.09. The van der Waals surface area contributed by atoms with Crippen molar-refractivity contribution in [3.8, 4) is 5.75 Å². The van der Waals surface area contributed by atoms with Gasteiger partial charge in [0.05, 0.1) is 11.1 Å². The van der Waals surface area contributed by atoms with E-state index in [4.69, 9.17) is 4.74 Å². The summed E-state index contributed by atoms with van der Waals surface area (Å²) in [4.78, 5) is 0. The average Bonchev–Trinajstić information content (AvgIpc) is 3.10. The second kappa shape index (κ2) is 5.69. The summed E-state index contributed by atoms with van der Waals surface area (Å²) in [5.41, 5.74) is 1.32. The third kappa shape index (κ3) is 3.49. The van der Waals surface area contributed by atoms with Crippen molar-refractivity contribution in [1.82, 2.24) is 5.32 Å². The van der Waals surface area contributed by atoms with Gasteiger partial charge < -0.3 is 10.1 Å². The molecule has 0 spiro atoms. The Kier molecular flexibility index (Phi) is 4.24. The molecule has 1 aromatic rings. The van der Waals surface area contributed by atoms with E-state index >= 15 is 0 Å². The maximum absolute atomic E-state index is 5.81. The summed E-state index contributed by atoms with van der Waals surface area (Å²) < 4.78 is 6.87. The molecule has 1 fully saturated rings. The molecule has 2 rings (SSSR count). The SMILES string of the molecule is CNCCc1ccc(Br)c(OCC2CC2)c1. The van der Waals surface area contributed by atoms with Crippen LogP contribution in [0.4, 0.5) is 0 Å². The topological polar surface area (TPSA) is 21.3 Å². The van der Waals surface area contributed by atoms with Gasteiger partial charge in [-0.15, -0.1) is 0 Å². The van der Waals surface area contributed by atoms with Crippen LogP contribution in [0, 0.1) is 5.92 Å². The van der Waals surface area contributed by atoms with Crippen LogP contribution in [-0.2, 0) is 6.42 Å². The average molecular weight is 284 g/mol. The molecule has 0 aliphatic heterocycles. The number of halogens is 1. The molecule has 0 unspecified atom stereocenters. The summed E-state index contributed by atoms with van der Waals surface area (Å²) in [6.07, 6.45) is 3.71. The van der Waals surface area contributed by atoms with E-state index in [1.54, 1.807) is 0 Å². The second-order valence-electron chi connectivity index (χ2n) is 4.37. The van der Waals surface area contributed by atoms with Gasteiger partial charge in [0.1, 0.15) is 5.75 Å². The van der Waals surface area contributed by atoms with Crippen LogP contribution >= 0.6 is 15.9 Å². The smallest absolute Gasteiger partial charge is 0.133 e. The zero-order valence-corrected chi connectivity index (χ0v) is 11.2. The van der Waals surface area contributed by atoms with E-state index in [0.717, 1.165) is 35.7 Å². The highest BCUT2D eigenvalue weighted by Gasteiger charge is 2.22. The highest BCUT2D eigenvalue weighted by molar-refractivity contribution is 9.10. The Morgan fingerprint density at radius 3 is 2.94 bits per heavy atom. The van der Waals surface area contributed by atoms with Gasteiger partial charge in [0.25, 0.3) is 0 Å². The first kappa shape index (κ1) is 11.9. The lowest BCUT2D eigenvalue weighted by atomic mass is 10.1. The maximum atomic E-state index is 5.81. The van der Waals surface area contributed by atoms with Gasteiger partial charge in [-0.05, 0) is 72.4 Å². The number of hydrogen-bond acceptors (Lipinski definition) is 2. The molecule has 1 aliphatic rings. The largest absolute Gasteiger partial charge is 0.492 e. The molecule has 16 heavy (non-hydrogen) atoms. The number of benzene rings is 1. The van der Waals surface area contributed by atoms with Crippen molar-refractivity contribution in [2.75, 3.05) is 20.2 Å². The van der Waals surface area contributed by atoms with Crippen molar-refractivity contribution in [1.29, 1.82) is 0 Å². The first-order chi connectivity index (χ1) is 7.79. The van der Waals surface area contributed by atoms with E-state index in [0.29, 0.717) is 0 Å². The minimum Gasteiger partial charge on any atom is -0.492 e. The molecule has 0 bridgehead atoms. The van der Waals surface area contributed by atoms with E-state index in [1.165, 1.54) is 18.4 Å². The molecule has 0 heterocycles. The van der Waals surface area contributed by atoms with Crippen molar-refractivity contribution < 1.29 is 4.74 Å². The van der Waals surface area contributed by atoms with Gasteiger partial charge in [-0.2, -0.15) is 0 Å². The van der Waals surface area contributed by atoms with E-state index in [-0.39, 0.29) is 0 Å². The van der Waals surface area contributed by atoms with Crippen molar-refractivity contribution >= 4 is 15.9 Å². The van der Waals surface area contributed by atoms with Crippen molar-refractivity contribution in [2.24, 2.45) is 5.92 Å². The van der Waals surface area contributed by atoms with Crippen molar-refractivity contribution in [2.45, 2.75) is 19.3 Å². The third-order valence-electron chi connectivity index (χ3n) is 2.83. The first-order valence-corrected chi connectivity index (χ1v) is 6.64. The van der Waals surface area contributed by atoms with E-state index in [9.17, 15) is 0 Å². The van der Waals surface area contributed by atoms with Gasteiger partial charge >= 0.3 is 0 Å². The number of likely N-dealkylation sites (N-methyl/N-ethyl adjacent to an activating group) is 1. The number of ether oxygens (including phenoxy) is 1. The summed E-state index contributed by atoms with van der Waals surface area (Å²) in [5.74, 6) is 1.79. The van der Waals surface area contributed by atoms with Crippen LogP contribution in [0.5, 0.6) is 5.75 Å². The van der Waals surface area contributed by atoms with Crippen LogP contribution in [0.15, 0.2) is 22.7 Å². The van der Waals surface area contributed by atoms with Crippen LogP contribution in [0.2, 0.25) is 0 Å². The van der Waals surface area contributed by atoms with Gasteiger partial charge in [0.2, 0.25) is 0 Å². The Morgan fingerprint density at radius 1 is 1.44 bits per heavy atom. The van der Waals surface area contributed by atoms with E-state index in [1.807, 2.05) is 7.05 Å². The van der Waals surface area contributed by atoms with Crippen molar-refractivity contribution in [3.05, 3.63) is 28.2 Å². The molecule has 1 aliphatic carbocycles. The fourth-order valence-corrected chi connectivity index (χ4v) is 1.94. The summed E-state index contributed by atoms with van der Waals surface area (Å²) in [6, 6.07) is 6.36. The maximum Gasteiger partial charge on any atom is 0.133 e. The Labute approximate surface area is 106 Å². The zero-order chi connectivity index (χ0) is 11.4. The van der Waals surface area contributed by atoms with Crippen LogP contribution in [0.1, 0.15) is 18.4 Å². The standard InChI is InChI=1S/C13H18BrNO/c1-15-7-6-10-4-5-12(14)13(8-10)16-9-11-2-3-11/h4-5,8,11,15H,2-3,6-7,9H2,1H3. The normalized spacial score (nSPS) is 15.1. The molecule has 0 saturated heterocycles. The summed E-state index contributed by atoms with van der Waals surface area (Å²) in [6.45, 7) is 1.87. The second-order valence-corrected chi connectivity index (χ2v) is 5.23. The van der Waals surface area contributed by atoms with Crippen LogP contribution in [0.25, 0.3) is 0 Å². The summed E-state index contributed by atoms with van der Waals surface area (Å²) >= 11 is 3.53. The van der Waals surface area contributed by atoms with Crippen LogP contribution in [-0.4, -0.2) is 20.2 Å². The van der Waals surface area contributed by atoms with Crippen molar-refractivity contribution in [3.63, 3.8) is 0 Å². The Morgan fingerprint density at radius 2 is 2.25 bits per heavy atom. The predicted molar refractivity (Wildman–Crippen MR) is 70.0 cm³/mol. The Bertz CT molecular complexity index is 350. The van der Waals surface area contributed by atoms with Crippen LogP contribution in [0.3, 0.4) is 0 Å². The first-order valence-electron chi connectivity index (χ1n) is 5.85. The number of rotatable bonds is 6. The molecule has 2 nitrogen and oxygen atoms in total. The lowest BCUT2D eigenvalue weighted by Crippen LogP contribution is -2.10. The summed E-state index contributed by atoms with van der Waals surface area (Å²) in [7, 11) is 1.98. The lowest BCUT2D eigenvalue weighted by molar-refractivity contribution is 0.297. The molecule has 1 saturated carbocycles. The molecular weight excluding hydrogens is 266 g/mol. The minimum absolute atomic E-state index is 0.799. The van der Waals surface area contributed by atoms with Gasteiger partial charge in [-0.25, -0.2) is 0 Å². The molecule has 0 amide bonds. The van der Waals surface area contributed by atoms with Gasteiger partial charge in [0, 0.05) is 0 Å². The quantitative estimate of drug-likeness (QED) is 0.867. The monoisotopic (exact) mass is 283 g/mol. The summed E-state index contributed by atoms with van der Waals surface area (Å²) in [5, 5.41) is 3.16. The predicted octanol–water partition coefficient (Wildman–Crippen LogP) is 3.00. The number of nitrogens with one attached hydrogen (secondary N) is 1. The molecule has 3 heteroatoms. The highest BCUT2D eigenvalue weighted by atomic mass is 79.9. The minimum atomic E-state index is 0.799. The Hall–Kier alpha value is -0.540. The molecule has 1 aromatic carbocycles. The van der Waals surface area contributed by atoms with Gasteiger partial charge in [0.15, 0.2) is 0 Å². The molecule has 0 aromatic heterocycles. The Balaban J connectivity index is 1.96.